The maximum Gasteiger partial charge on any atom is 0.246 e. The number of rotatable bonds is 6. The molecule has 21 heavy (non-hydrogen) atoms. The first-order valence-electron chi connectivity index (χ1n) is 6.75. The van der Waals surface area contributed by atoms with Gasteiger partial charge in [0.1, 0.15) is 6.61 Å². The molecule has 0 saturated heterocycles. The Morgan fingerprint density at radius 2 is 2.24 bits per heavy atom. The number of amides is 1. The number of sulfonamides is 1. The number of aromatic nitrogens is 2. The van der Waals surface area contributed by atoms with Crippen LogP contribution in [0.1, 0.15) is 18.3 Å². The molecule has 1 amide bonds. The Morgan fingerprint density at radius 3 is 2.90 bits per heavy atom. The van der Waals surface area contributed by atoms with Gasteiger partial charge in [0.05, 0.1) is 37.3 Å². The lowest BCUT2D eigenvalue weighted by atomic mass is 10.3. The van der Waals surface area contributed by atoms with Gasteiger partial charge in [-0.15, -0.1) is 0 Å². The molecule has 1 aliphatic heterocycles. The van der Waals surface area contributed by atoms with Crippen LogP contribution in [0, 0.1) is 0 Å². The Morgan fingerprint density at radius 1 is 1.48 bits per heavy atom. The standard InChI is InChI=1S/C12H20N4O4S/c1-3-20-9-12(17)13-7-10-6-11-8-15(21(2,18)19)4-5-16(11)14-10/h6H,3-5,7-9H2,1-2H3,(H,13,17). The SMILES string of the molecule is CCOCC(=O)NCc1cc2n(n1)CCN(S(C)(=O)=O)C2. The number of ether oxygens (including phenoxy) is 1. The normalized spacial score (nSPS) is 15.7. The highest BCUT2D eigenvalue weighted by Crippen LogP contribution is 2.15. The highest BCUT2D eigenvalue weighted by Gasteiger charge is 2.24. The molecule has 0 aromatic carbocycles. The molecule has 1 aromatic rings. The number of hydrogen-bond donors (Lipinski definition) is 1. The van der Waals surface area contributed by atoms with Gasteiger partial charge in [-0.25, -0.2) is 8.42 Å². The zero-order valence-electron chi connectivity index (χ0n) is 12.2. The fourth-order valence-corrected chi connectivity index (χ4v) is 2.89. The van der Waals surface area contributed by atoms with Crippen molar-refractivity contribution in [1.29, 1.82) is 0 Å². The zero-order valence-corrected chi connectivity index (χ0v) is 13.0. The zero-order chi connectivity index (χ0) is 15.5. The first-order chi connectivity index (χ1) is 9.90. The third kappa shape index (κ3) is 4.26. The van der Waals surface area contributed by atoms with Crippen molar-refractivity contribution in [2.24, 2.45) is 0 Å². The van der Waals surface area contributed by atoms with Crippen molar-refractivity contribution in [3.8, 4) is 0 Å². The number of carbonyl (C=O) groups is 1. The summed E-state index contributed by atoms with van der Waals surface area (Å²) in [4.78, 5) is 11.4. The molecule has 0 fully saturated rings. The van der Waals surface area contributed by atoms with Gasteiger partial charge in [0.2, 0.25) is 15.9 Å². The lowest BCUT2D eigenvalue weighted by molar-refractivity contribution is -0.125. The topological polar surface area (TPSA) is 93.5 Å². The monoisotopic (exact) mass is 316 g/mol. The van der Waals surface area contributed by atoms with Gasteiger partial charge in [0, 0.05) is 13.2 Å². The van der Waals surface area contributed by atoms with E-state index in [1.807, 2.05) is 13.0 Å². The fraction of sp³-hybridized carbons (Fsp3) is 0.667. The minimum absolute atomic E-state index is 0.0337. The first kappa shape index (κ1) is 15.9. The molecule has 0 bridgehead atoms. The summed E-state index contributed by atoms with van der Waals surface area (Å²) in [5.41, 5.74) is 1.55. The van der Waals surface area contributed by atoms with Crippen molar-refractivity contribution in [2.45, 2.75) is 26.6 Å². The van der Waals surface area contributed by atoms with Crippen LogP contribution >= 0.6 is 0 Å². The second-order valence-corrected chi connectivity index (χ2v) is 6.84. The summed E-state index contributed by atoms with van der Waals surface area (Å²) < 4.78 is 31.3. The fourth-order valence-electron chi connectivity index (χ4n) is 2.11. The van der Waals surface area contributed by atoms with Crippen molar-refractivity contribution in [2.75, 3.05) is 26.0 Å². The molecule has 0 saturated carbocycles. The highest BCUT2D eigenvalue weighted by molar-refractivity contribution is 7.88. The predicted octanol–water partition coefficient (Wildman–Crippen LogP) is -0.689. The molecular formula is C12H20N4O4S. The number of hydrogen-bond acceptors (Lipinski definition) is 5. The molecule has 1 aliphatic rings. The Bertz CT molecular complexity index is 611. The summed E-state index contributed by atoms with van der Waals surface area (Å²) in [7, 11) is -3.19. The van der Waals surface area contributed by atoms with Gasteiger partial charge in [0.15, 0.2) is 0 Å². The second kappa shape index (κ2) is 6.54. The molecule has 0 unspecified atom stereocenters. The first-order valence-corrected chi connectivity index (χ1v) is 8.60. The number of nitrogens with one attached hydrogen (secondary N) is 1. The molecule has 2 rings (SSSR count). The van der Waals surface area contributed by atoms with Crippen molar-refractivity contribution < 1.29 is 17.9 Å². The Balaban J connectivity index is 1.94. The summed E-state index contributed by atoms with van der Waals surface area (Å²) in [5, 5.41) is 7.07. The van der Waals surface area contributed by atoms with Gasteiger partial charge < -0.3 is 10.1 Å². The smallest absolute Gasteiger partial charge is 0.246 e. The van der Waals surface area contributed by atoms with Crippen LogP contribution in [0.4, 0.5) is 0 Å². The van der Waals surface area contributed by atoms with E-state index in [1.54, 1.807) is 4.68 Å². The van der Waals surface area contributed by atoms with E-state index in [1.165, 1.54) is 10.6 Å². The van der Waals surface area contributed by atoms with E-state index in [-0.39, 0.29) is 12.5 Å². The summed E-state index contributed by atoms with van der Waals surface area (Å²) in [6.45, 7) is 3.92. The summed E-state index contributed by atoms with van der Waals surface area (Å²) in [6.07, 6.45) is 1.20. The van der Waals surface area contributed by atoms with E-state index in [4.69, 9.17) is 4.74 Å². The van der Waals surface area contributed by atoms with E-state index in [9.17, 15) is 13.2 Å². The molecule has 2 heterocycles. The average Bonchev–Trinajstić information content (AvgIpc) is 2.83. The molecule has 1 N–H and O–H groups in total. The molecule has 8 nitrogen and oxygen atoms in total. The molecule has 0 aliphatic carbocycles. The van der Waals surface area contributed by atoms with E-state index in [2.05, 4.69) is 10.4 Å². The molecule has 118 valence electrons. The summed E-state index contributed by atoms with van der Waals surface area (Å²) in [5.74, 6) is -0.194. The van der Waals surface area contributed by atoms with Gasteiger partial charge >= 0.3 is 0 Å². The minimum atomic E-state index is -3.19. The third-order valence-electron chi connectivity index (χ3n) is 3.19. The molecular weight excluding hydrogens is 296 g/mol. The van der Waals surface area contributed by atoms with Crippen LogP contribution in [0.3, 0.4) is 0 Å². The van der Waals surface area contributed by atoms with Crippen LogP contribution in [-0.4, -0.2) is 54.4 Å². The summed E-state index contributed by atoms with van der Waals surface area (Å²) >= 11 is 0. The molecule has 9 heteroatoms. The van der Waals surface area contributed by atoms with Crippen LogP contribution in [0.25, 0.3) is 0 Å². The number of fused-ring (bicyclic) bond motifs is 1. The number of carbonyl (C=O) groups excluding carboxylic acids is 1. The Labute approximate surface area is 124 Å². The van der Waals surface area contributed by atoms with Crippen LogP contribution in [0.5, 0.6) is 0 Å². The molecule has 0 atom stereocenters. The third-order valence-corrected chi connectivity index (χ3v) is 4.44. The maximum atomic E-state index is 11.5. The largest absolute Gasteiger partial charge is 0.372 e. The van der Waals surface area contributed by atoms with Gasteiger partial charge in [-0.1, -0.05) is 0 Å². The Hall–Kier alpha value is -1.45. The van der Waals surface area contributed by atoms with Gasteiger partial charge in [-0.2, -0.15) is 9.40 Å². The van der Waals surface area contributed by atoms with Gasteiger partial charge in [0.25, 0.3) is 0 Å². The van der Waals surface area contributed by atoms with E-state index >= 15 is 0 Å². The van der Waals surface area contributed by atoms with Crippen molar-refractivity contribution in [3.63, 3.8) is 0 Å². The predicted molar refractivity (Wildman–Crippen MR) is 75.8 cm³/mol. The number of nitrogens with zero attached hydrogens (tertiary/aromatic N) is 3. The minimum Gasteiger partial charge on any atom is -0.372 e. The van der Waals surface area contributed by atoms with Gasteiger partial charge in [-0.05, 0) is 13.0 Å². The van der Waals surface area contributed by atoms with Crippen molar-refractivity contribution >= 4 is 15.9 Å². The van der Waals surface area contributed by atoms with Crippen LogP contribution in [0.2, 0.25) is 0 Å². The van der Waals surface area contributed by atoms with Crippen molar-refractivity contribution in [3.05, 3.63) is 17.5 Å². The molecule has 0 radical (unpaired) electrons. The molecule has 0 spiro atoms. The quantitative estimate of drug-likeness (QED) is 0.750. The second-order valence-electron chi connectivity index (χ2n) is 4.86. The van der Waals surface area contributed by atoms with Crippen LogP contribution in [0.15, 0.2) is 6.07 Å². The average molecular weight is 316 g/mol. The van der Waals surface area contributed by atoms with E-state index < -0.39 is 10.0 Å². The van der Waals surface area contributed by atoms with Crippen molar-refractivity contribution in [1.82, 2.24) is 19.4 Å². The Kier molecular flexibility index (Phi) is 4.96. The van der Waals surface area contributed by atoms with Crippen LogP contribution in [-0.2, 0) is 39.2 Å². The lowest BCUT2D eigenvalue weighted by Gasteiger charge is -2.25. The van der Waals surface area contributed by atoms with Gasteiger partial charge in [-0.3, -0.25) is 9.48 Å². The van der Waals surface area contributed by atoms with E-state index in [0.29, 0.717) is 38.5 Å². The van der Waals surface area contributed by atoms with E-state index in [0.717, 1.165) is 5.69 Å². The lowest BCUT2D eigenvalue weighted by Crippen LogP contribution is -2.37. The van der Waals surface area contributed by atoms with Crippen LogP contribution < -0.4 is 5.32 Å². The summed E-state index contributed by atoms with van der Waals surface area (Å²) in [6, 6.07) is 1.82. The highest BCUT2D eigenvalue weighted by atomic mass is 32.2. The molecule has 1 aromatic heterocycles. The maximum absolute atomic E-state index is 11.5.